The molecular weight excluding hydrogens is 371 g/mol. The average molecular weight is 384 g/mol. The van der Waals surface area contributed by atoms with E-state index in [2.05, 4.69) is 42.5 Å². The van der Waals surface area contributed by atoms with Crippen LogP contribution >= 0.6 is 44.3 Å². The van der Waals surface area contributed by atoms with Crippen LogP contribution in [0.3, 0.4) is 0 Å². The second-order valence-corrected chi connectivity index (χ2v) is 5.56. The number of amides is 1. The summed E-state index contributed by atoms with van der Waals surface area (Å²) in [6, 6.07) is 5.81. The Balaban J connectivity index is 0.00000144. The zero-order valence-corrected chi connectivity index (χ0v) is 13.0. The van der Waals surface area contributed by atoms with Crippen molar-refractivity contribution in [3.05, 3.63) is 32.7 Å². The van der Waals surface area contributed by atoms with Gasteiger partial charge in [0.2, 0.25) is 0 Å². The molecule has 1 aromatic rings. The van der Waals surface area contributed by atoms with E-state index in [1.165, 1.54) is 0 Å². The van der Waals surface area contributed by atoms with E-state index in [-0.39, 0.29) is 24.4 Å². The Kier molecular flexibility index (Phi) is 5.92. The van der Waals surface area contributed by atoms with Gasteiger partial charge in [-0.15, -0.1) is 12.4 Å². The number of rotatable bonds is 2. The third-order valence-corrected chi connectivity index (χ3v) is 3.72. The quantitative estimate of drug-likeness (QED) is 0.823. The van der Waals surface area contributed by atoms with E-state index in [4.69, 9.17) is 0 Å². The highest BCUT2D eigenvalue weighted by atomic mass is 79.9. The van der Waals surface area contributed by atoms with Crippen LogP contribution < -0.4 is 10.6 Å². The van der Waals surface area contributed by atoms with Gasteiger partial charge < -0.3 is 10.6 Å². The molecule has 94 valence electrons. The molecule has 1 aliphatic rings. The lowest BCUT2D eigenvalue weighted by atomic mass is 10.2. The highest BCUT2D eigenvalue weighted by molar-refractivity contribution is 9.11. The van der Waals surface area contributed by atoms with Crippen LogP contribution in [-0.2, 0) is 0 Å². The van der Waals surface area contributed by atoms with Crippen molar-refractivity contribution < 1.29 is 4.79 Å². The predicted octanol–water partition coefficient (Wildman–Crippen LogP) is 2.73. The van der Waals surface area contributed by atoms with Gasteiger partial charge in [0.05, 0.1) is 5.56 Å². The van der Waals surface area contributed by atoms with Gasteiger partial charge in [-0.25, -0.2) is 0 Å². The summed E-state index contributed by atoms with van der Waals surface area (Å²) in [5, 5.41) is 6.23. The third-order valence-electron chi connectivity index (χ3n) is 2.57. The lowest BCUT2D eigenvalue weighted by Gasteiger charge is -2.12. The molecule has 6 heteroatoms. The maximum atomic E-state index is 11.9. The molecular formula is C11H13Br2ClN2O. The second kappa shape index (κ2) is 6.73. The first-order valence-corrected chi connectivity index (χ1v) is 6.72. The molecule has 0 saturated carbocycles. The highest BCUT2D eigenvalue weighted by Crippen LogP contribution is 2.22. The third kappa shape index (κ3) is 3.95. The number of carbonyl (C=O) groups excluding carboxylic acids is 1. The van der Waals surface area contributed by atoms with E-state index in [0.29, 0.717) is 5.56 Å². The standard InChI is InChI=1S/C11H12Br2N2O.ClH/c12-7-1-2-9(10(13)5-7)11(16)15-8-3-4-14-6-8;/h1-2,5,8,14H,3-4,6H2,(H,15,16);1H. The number of benzene rings is 1. The molecule has 2 rings (SSSR count). The van der Waals surface area contributed by atoms with E-state index >= 15 is 0 Å². The summed E-state index contributed by atoms with van der Waals surface area (Å²) in [5.41, 5.74) is 0.676. The molecule has 3 nitrogen and oxygen atoms in total. The molecule has 0 radical (unpaired) electrons. The van der Waals surface area contributed by atoms with E-state index < -0.39 is 0 Å². The van der Waals surface area contributed by atoms with Gasteiger partial charge in [-0.3, -0.25) is 4.79 Å². The van der Waals surface area contributed by atoms with Crippen molar-refractivity contribution in [1.29, 1.82) is 0 Å². The predicted molar refractivity (Wildman–Crippen MR) is 77.8 cm³/mol. The summed E-state index contributed by atoms with van der Waals surface area (Å²) in [7, 11) is 0. The molecule has 0 aromatic heterocycles. The number of hydrogen-bond donors (Lipinski definition) is 2. The fourth-order valence-corrected chi connectivity index (χ4v) is 2.94. The summed E-state index contributed by atoms with van der Waals surface area (Å²) in [4.78, 5) is 11.9. The minimum atomic E-state index is -0.0203. The van der Waals surface area contributed by atoms with Gasteiger partial charge in [-0.05, 0) is 47.1 Å². The number of nitrogens with one attached hydrogen (secondary N) is 2. The zero-order chi connectivity index (χ0) is 11.5. The molecule has 1 aromatic carbocycles. The Morgan fingerprint density at radius 1 is 1.41 bits per heavy atom. The van der Waals surface area contributed by atoms with E-state index in [1.807, 2.05) is 18.2 Å². The minimum Gasteiger partial charge on any atom is -0.348 e. The molecule has 1 unspecified atom stereocenters. The fourth-order valence-electron chi connectivity index (χ4n) is 1.71. The van der Waals surface area contributed by atoms with Crippen LogP contribution in [0.15, 0.2) is 27.1 Å². The molecule has 17 heavy (non-hydrogen) atoms. The normalized spacial score (nSPS) is 18.6. The summed E-state index contributed by atoms with van der Waals surface area (Å²) in [6.45, 7) is 1.84. The summed E-state index contributed by atoms with van der Waals surface area (Å²) >= 11 is 6.75. The van der Waals surface area contributed by atoms with Crippen molar-refractivity contribution >= 4 is 50.2 Å². The van der Waals surface area contributed by atoms with Crippen molar-refractivity contribution in [2.75, 3.05) is 13.1 Å². The Morgan fingerprint density at radius 3 is 2.76 bits per heavy atom. The summed E-state index contributed by atoms with van der Waals surface area (Å²) in [6.07, 6.45) is 1.000. The Labute approximate surface area is 123 Å². The van der Waals surface area contributed by atoms with Crippen LogP contribution in [0.5, 0.6) is 0 Å². The molecule has 1 aliphatic heterocycles. The van der Waals surface area contributed by atoms with Crippen LogP contribution in [0.1, 0.15) is 16.8 Å². The van der Waals surface area contributed by atoms with Crippen LogP contribution in [0.25, 0.3) is 0 Å². The maximum Gasteiger partial charge on any atom is 0.252 e. The first-order chi connectivity index (χ1) is 7.66. The van der Waals surface area contributed by atoms with E-state index in [1.54, 1.807) is 0 Å². The molecule has 1 fully saturated rings. The SMILES string of the molecule is Cl.O=C(NC1CCNC1)c1ccc(Br)cc1Br. The van der Waals surface area contributed by atoms with Crippen LogP contribution in [0, 0.1) is 0 Å². The second-order valence-electron chi connectivity index (χ2n) is 3.79. The summed E-state index contributed by atoms with van der Waals surface area (Å²) in [5.74, 6) is -0.0203. The van der Waals surface area contributed by atoms with Gasteiger partial charge in [0.1, 0.15) is 0 Å². The monoisotopic (exact) mass is 382 g/mol. The number of halogens is 3. The molecule has 0 aliphatic carbocycles. The van der Waals surface area contributed by atoms with Crippen molar-refractivity contribution in [3.63, 3.8) is 0 Å². The Hall–Kier alpha value is -0.100. The molecule has 1 amide bonds. The van der Waals surface area contributed by atoms with Crippen molar-refractivity contribution in [3.8, 4) is 0 Å². The first kappa shape index (κ1) is 15.0. The van der Waals surface area contributed by atoms with Crippen LogP contribution in [0.4, 0.5) is 0 Å². The molecule has 1 heterocycles. The lowest BCUT2D eigenvalue weighted by Crippen LogP contribution is -2.36. The average Bonchev–Trinajstić information content (AvgIpc) is 2.70. The topological polar surface area (TPSA) is 41.1 Å². The maximum absolute atomic E-state index is 11.9. The molecule has 1 atom stereocenters. The largest absolute Gasteiger partial charge is 0.348 e. The number of carbonyl (C=O) groups is 1. The smallest absolute Gasteiger partial charge is 0.252 e. The Bertz CT molecular complexity index is 408. The van der Waals surface area contributed by atoms with Gasteiger partial charge in [0, 0.05) is 21.5 Å². The molecule has 0 spiro atoms. The fraction of sp³-hybridized carbons (Fsp3) is 0.364. The van der Waals surface area contributed by atoms with Gasteiger partial charge in [-0.1, -0.05) is 15.9 Å². The Morgan fingerprint density at radius 2 is 2.18 bits per heavy atom. The summed E-state index contributed by atoms with van der Waals surface area (Å²) < 4.78 is 1.77. The van der Waals surface area contributed by atoms with Gasteiger partial charge in [0.25, 0.3) is 5.91 Å². The van der Waals surface area contributed by atoms with Crippen LogP contribution in [-0.4, -0.2) is 25.0 Å². The first-order valence-electron chi connectivity index (χ1n) is 5.13. The highest BCUT2D eigenvalue weighted by Gasteiger charge is 2.18. The van der Waals surface area contributed by atoms with Gasteiger partial charge in [0.15, 0.2) is 0 Å². The number of hydrogen-bond acceptors (Lipinski definition) is 2. The van der Waals surface area contributed by atoms with Gasteiger partial charge >= 0.3 is 0 Å². The van der Waals surface area contributed by atoms with Crippen molar-refractivity contribution in [2.45, 2.75) is 12.5 Å². The van der Waals surface area contributed by atoms with Crippen molar-refractivity contribution in [1.82, 2.24) is 10.6 Å². The lowest BCUT2D eigenvalue weighted by molar-refractivity contribution is 0.0939. The minimum absolute atomic E-state index is 0. The molecule has 2 N–H and O–H groups in total. The zero-order valence-electron chi connectivity index (χ0n) is 9.00. The van der Waals surface area contributed by atoms with E-state index in [0.717, 1.165) is 28.5 Å². The molecule has 0 bridgehead atoms. The van der Waals surface area contributed by atoms with E-state index in [9.17, 15) is 4.79 Å². The molecule has 1 saturated heterocycles. The van der Waals surface area contributed by atoms with Gasteiger partial charge in [-0.2, -0.15) is 0 Å². The van der Waals surface area contributed by atoms with Crippen LogP contribution in [0.2, 0.25) is 0 Å². The van der Waals surface area contributed by atoms with Crippen molar-refractivity contribution in [2.24, 2.45) is 0 Å².